The molecule has 0 aromatic carbocycles. The first-order valence-electron chi connectivity index (χ1n) is 4.04. The third-order valence-electron chi connectivity index (χ3n) is 1.39. The molecule has 0 bridgehead atoms. The van der Waals surface area contributed by atoms with Gasteiger partial charge in [0.1, 0.15) is 5.69 Å². The molecule has 3 heteroatoms. The Morgan fingerprint density at radius 2 is 2.00 bits per heavy atom. The Labute approximate surface area is 73.2 Å². The molecule has 1 heterocycles. The quantitative estimate of drug-likeness (QED) is 0.678. The van der Waals surface area contributed by atoms with Gasteiger partial charge in [-0.2, -0.15) is 0 Å². The minimum atomic E-state index is -0.379. The summed E-state index contributed by atoms with van der Waals surface area (Å²) in [5.74, 6) is -0.379. The second-order valence-corrected chi connectivity index (χ2v) is 2.38. The fourth-order valence-corrected chi connectivity index (χ4v) is 0.975. The molecule has 0 radical (unpaired) electrons. The van der Waals surface area contributed by atoms with Crippen molar-refractivity contribution in [2.24, 2.45) is 12.8 Å². The number of primary amides is 1. The number of nitrogens with two attached hydrogens (primary N) is 1. The first kappa shape index (κ1) is 10.8. The number of hydrogen-bond donors (Lipinski definition) is 1. The summed E-state index contributed by atoms with van der Waals surface area (Å²) in [6.45, 7) is 5.92. The zero-order valence-electron chi connectivity index (χ0n) is 8.09. The van der Waals surface area contributed by atoms with E-state index < -0.39 is 0 Å². The van der Waals surface area contributed by atoms with Gasteiger partial charge in [-0.3, -0.25) is 4.79 Å². The van der Waals surface area contributed by atoms with Crippen LogP contribution in [0.1, 0.15) is 29.9 Å². The SMILES string of the molecule is CC.Cc1cc(C(N)=O)n(C)c1. The summed E-state index contributed by atoms with van der Waals surface area (Å²) >= 11 is 0. The number of aromatic nitrogens is 1. The standard InChI is InChI=1S/C7H10N2O.C2H6/c1-5-3-6(7(8)10)9(2)4-5;1-2/h3-4H,1-2H3,(H2,8,10);1-2H3. The predicted molar refractivity (Wildman–Crippen MR) is 50.0 cm³/mol. The van der Waals surface area contributed by atoms with E-state index in [2.05, 4.69) is 0 Å². The van der Waals surface area contributed by atoms with E-state index in [1.165, 1.54) is 0 Å². The third-order valence-corrected chi connectivity index (χ3v) is 1.39. The molecule has 0 aliphatic carbocycles. The van der Waals surface area contributed by atoms with Gasteiger partial charge >= 0.3 is 0 Å². The molecule has 3 nitrogen and oxygen atoms in total. The molecular formula is C9H16N2O. The highest BCUT2D eigenvalue weighted by atomic mass is 16.1. The van der Waals surface area contributed by atoms with E-state index >= 15 is 0 Å². The molecule has 0 unspecified atom stereocenters. The molecule has 0 fully saturated rings. The lowest BCUT2D eigenvalue weighted by Crippen LogP contribution is -2.14. The summed E-state index contributed by atoms with van der Waals surface area (Å²) in [5.41, 5.74) is 6.67. The predicted octanol–water partition coefficient (Wildman–Crippen LogP) is 1.46. The molecule has 0 aliphatic rings. The van der Waals surface area contributed by atoms with Crippen molar-refractivity contribution in [3.05, 3.63) is 23.5 Å². The van der Waals surface area contributed by atoms with Crippen LogP contribution in [-0.4, -0.2) is 10.5 Å². The fraction of sp³-hybridized carbons (Fsp3) is 0.444. The monoisotopic (exact) mass is 168 g/mol. The number of carbonyl (C=O) groups excluding carboxylic acids is 1. The summed E-state index contributed by atoms with van der Waals surface area (Å²) in [5, 5.41) is 0. The summed E-state index contributed by atoms with van der Waals surface area (Å²) < 4.78 is 1.72. The number of hydrogen-bond acceptors (Lipinski definition) is 1. The maximum absolute atomic E-state index is 10.6. The molecule has 1 amide bonds. The Hall–Kier alpha value is -1.25. The first-order valence-corrected chi connectivity index (χ1v) is 4.04. The molecule has 0 saturated heterocycles. The average molecular weight is 168 g/mol. The maximum Gasteiger partial charge on any atom is 0.265 e. The largest absolute Gasteiger partial charge is 0.364 e. The van der Waals surface area contributed by atoms with Crippen molar-refractivity contribution < 1.29 is 4.79 Å². The van der Waals surface area contributed by atoms with Gasteiger partial charge in [0.2, 0.25) is 0 Å². The average Bonchev–Trinajstić information content (AvgIpc) is 2.34. The molecule has 1 aromatic heterocycles. The highest BCUT2D eigenvalue weighted by Crippen LogP contribution is 2.03. The minimum absolute atomic E-state index is 0.379. The van der Waals surface area contributed by atoms with Crippen molar-refractivity contribution in [3.63, 3.8) is 0 Å². The van der Waals surface area contributed by atoms with Crippen LogP contribution in [0.2, 0.25) is 0 Å². The van der Waals surface area contributed by atoms with Gasteiger partial charge in [0.05, 0.1) is 0 Å². The van der Waals surface area contributed by atoms with Crippen molar-refractivity contribution in [2.45, 2.75) is 20.8 Å². The summed E-state index contributed by atoms with van der Waals surface area (Å²) in [4.78, 5) is 10.6. The van der Waals surface area contributed by atoms with Gasteiger partial charge in [0, 0.05) is 13.2 Å². The van der Waals surface area contributed by atoms with E-state index in [1.54, 1.807) is 17.7 Å². The van der Waals surface area contributed by atoms with Crippen LogP contribution in [0, 0.1) is 6.92 Å². The van der Waals surface area contributed by atoms with Crippen LogP contribution in [0.5, 0.6) is 0 Å². The van der Waals surface area contributed by atoms with Crippen LogP contribution in [-0.2, 0) is 7.05 Å². The van der Waals surface area contributed by atoms with Crippen molar-refractivity contribution in [1.82, 2.24) is 4.57 Å². The topological polar surface area (TPSA) is 48.0 Å². The van der Waals surface area contributed by atoms with Crippen LogP contribution >= 0.6 is 0 Å². The Morgan fingerprint density at radius 3 is 2.17 bits per heavy atom. The van der Waals surface area contributed by atoms with Crippen LogP contribution in [0.25, 0.3) is 0 Å². The van der Waals surface area contributed by atoms with E-state index in [0.29, 0.717) is 5.69 Å². The summed E-state index contributed by atoms with van der Waals surface area (Å²) in [6, 6.07) is 1.77. The number of nitrogens with zero attached hydrogens (tertiary/aromatic N) is 1. The van der Waals surface area contributed by atoms with Gasteiger partial charge in [-0.05, 0) is 18.6 Å². The Morgan fingerprint density at radius 1 is 1.50 bits per heavy atom. The molecule has 12 heavy (non-hydrogen) atoms. The Balaban J connectivity index is 0.000000561. The van der Waals surface area contributed by atoms with E-state index in [-0.39, 0.29) is 5.91 Å². The number of rotatable bonds is 1. The maximum atomic E-state index is 10.6. The van der Waals surface area contributed by atoms with E-state index in [0.717, 1.165) is 5.56 Å². The van der Waals surface area contributed by atoms with Crippen LogP contribution < -0.4 is 5.73 Å². The second-order valence-electron chi connectivity index (χ2n) is 2.38. The minimum Gasteiger partial charge on any atom is -0.364 e. The molecule has 0 atom stereocenters. The lowest BCUT2D eigenvalue weighted by molar-refractivity contribution is 0.0992. The van der Waals surface area contributed by atoms with Crippen LogP contribution in [0.15, 0.2) is 12.3 Å². The highest BCUT2D eigenvalue weighted by Gasteiger charge is 2.04. The molecule has 1 rings (SSSR count). The fourth-order valence-electron chi connectivity index (χ4n) is 0.975. The lowest BCUT2D eigenvalue weighted by atomic mass is 10.3. The van der Waals surface area contributed by atoms with Crippen molar-refractivity contribution in [3.8, 4) is 0 Å². The molecular weight excluding hydrogens is 152 g/mol. The second kappa shape index (κ2) is 4.59. The molecule has 68 valence electrons. The van der Waals surface area contributed by atoms with Gasteiger partial charge in [0.15, 0.2) is 0 Å². The molecule has 2 N–H and O–H groups in total. The normalized spacial score (nSPS) is 8.67. The van der Waals surface area contributed by atoms with Crippen LogP contribution in [0.3, 0.4) is 0 Å². The van der Waals surface area contributed by atoms with Crippen LogP contribution in [0.4, 0.5) is 0 Å². The highest BCUT2D eigenvalue weighted by molar-refractivity contribution is 5.91. The first-order chi connectivity index (χ1) is 5.61. The van der Waals surface area contributed by atoms with Crippen molar-refractivity contribution in [2.75, 3.05) is 0 Å². The van der Waals surface area contributed by atoms with E-state index in [4.69, 9.17) is 5.73 Å². The van der Waals surface area contributed by atoms with Gasteiger partial charge in [-0.1, -0.05) is 13.8 Å². The molecule has 0 spiro atoms. The zero-order chi connectivity index (χ0) is 9.72. The van der Waals surface area contributed by atoms with Gasteiger partial charge in [-0.25, -0.2) is 0 Å². The summed E-state index contributed by atoms with van der Waals surface area (Å²) in [6.07, 6.45) is 1.86. The van der Waals surface area contributed by atoms with E-state index in [1.807, 2.05) is 27.0 Å². The summed E-state index contributed by atoms with van der Waals surface area (Å²) in [7, 11) is 1.80. The molecule has 1 aromatic rings. The number of aryl methyl sites for hydroxylation is 2. The van der Waals surface area contributed by atoms with Gasteiger partial charge in [0.25, 0.3) is 5.91 Å². The van der Waals surface area contributed by atoms with Crippen molar-refractivity contribution in [1.29, 1.82) is 0 Å². The lowest BCUT2D eigenvalue weighted by Gasteiger charge is -1.94. The molecule has 0 saturated carbocycles. The number of amides is 1. The number of carbonyl (C=O) groups is 1. The van der Waals surface area contributed by atoms with Gasteiger partial charge < -0.3 is 10.3 Å². The van der Waals surface area contributed by atoms with Gasteiger partial charge in [-0.15, -0.1) is 0 Å². The van der Waals surface area contributed by atoms with E-state index in [9.17, 15) is 4.79 Å². The zero-order valence-corrected chi connectivity index (χ0v) is 8.09. The smallest absolute Gasteiger partial charge is 0.265 e. The Kier molecular flexibility index (Phi) is 4.11. The Bertz CT molecular complexity index is 263. The van der Waals surface area contributed by atoms with Crippen molar-refractivity contribution >= 4 is 5.91 Å². The molecule has 0 aliphatic heterocycles. The third kappa shape index (κ3) is 2.42.